The third-order valence-corrected chi connectivity index (χ3v) is 6.84. The third kappa shape index (κ3) is 8.10. The van der Waals surface area contributed by atoms with E-state index in [0.717, 1.165) is 0 Å². The van der Waals surface area contributed by atoms with Crippen LogP contribution in [0.1, 0.15) is 72.8 Å². The quantitative estimate of drug-likeness (QED) is 0.168. The van der Waals surface area contributed by atoms with Crippen molar-refractivity contribution in [1.29, 1.82) is 0 Å². The molecule has 2 aromatic carbocycles. The summed E-state index contributed by atoms with van der Waals surface area (Å²) in [7, 11) is 1.35. The lowest BCUT2D eigenvalue weighted by molar-refractivity contribution is -0.153. The number of pyridine rings is 1. The fraction of sp³-hybridized carbons (Fsp3) is 0.406. The molecule has 42 heavy (non-hydrogen) atoms. The molecular formula is C32H37F2NO7. The molecule has 1 heterocycles. The summed E-state index contributed by atoms with van der Waals surface area (Å²) in [5.74, 6) is -3.98. The highest BCUT2D eigenvalue weighted by Crippen LogP contribution is 2.36. The summed E-state index contributed by atoms with van der Waals surface area (Å²) in [6.07, 6.45) is 0.226. The molecule has 8 nitrogen and oxygen atoms in total. The first-order chi connectivity index (χ1) is 20.1. The molecule has 0 radical (unpaired) electrons. The zero-order valence-corrected chi connectivity index (χ0v) is 24.5. The number of carbonyl (C=O) groups excluding carboxylic acids is 2. The Balaban J connectivity index is 1.95. The van der Waals surface area contributed by atoms with E-state index >= 15 is 0 Å². The summed E-state index contributed by atoms with van der Waals surface area (Å²) < 4.78 is 50.8. The molecular weight excluding hydrogens is 548 g/mol. The number of aromatic hydroxyl groups is 1. The third-order valence-electron chi connectivity index (χ3n) is 6.84. The number of Topliss-reactive ketones (excluding diaryl/α,β-unsaturated/α-hetero) is 1. The maximum atomic E-state index is 14.3. The van der Waals surface area contributed by atoms with Crippen LogP contribution < -0.4 is 4.74 Å². The predicted molar refractivity (Wildman–Crippen MR) is 151 cm³/mol. The molecule has 0 aliphatic rings. The number of benzene rings is 2. The van der Waals surface area contributed by atoms with Crippen molar-refractivity contribution in [2.45, 2.75) is 59.4 Å². The van der Waals surface area contributed by atoms with Gasteiger partial charge in [0.25, 0.3) is 0 Å². The van der Waals surface area contributed by atoms with E-state index in [1.165, 1.54) is 50.6 Å². The Morgan fingerprint density at radius 2 is 1.45 bits per heavy atom. The van der Waals surface area contributed by atoms with Gasteiger partial charge in [0.05, 0.1) is 26.2 Å². The molecule has 0 saturated carbocycles. The zero-order valence-electron chi connectivity index (χ0n) is 24.5. The van der Waals surface area contributed by atoms with Crippen LogP contribution in [0.4, 0.5) is 8.78 Å². The first kappa shape index (κ1) is 32.6. The van der Waals surface area contributed by atoms with Crippen LogP contribution in [0.15, 0.2) is 48.7 Å². The molecule has 3 aromatic rings. The number of ketones is 1. The van der Waals surface area contributed by atoms with Crippen molar-refractivity contribution in [2.75, 3.05) is 20.3 Å². The maximum absolute atomic E-state index is 14.3. The Kier molecular flexibility index (Phi) is 11.9. The number of hydrogen-bond donors (Lipinski definition) is 1. The lowest BCUT2D eigenvalue weighted by Crippen LogP contribution is -2.29. The van der Waals surface area contributed by atoms with Gasteiger partial charge in [-0.15, -0.1) is 0 Å². The second kappa shape index (κ2) is 15.4. The molecule has 10 heteroatoms. The Bertz CT molecular complexity index is 1320. The second-order valence-electron chi connectivity index (χ2n) is 9.82. The lowest BCUT2D eigenvalue weighted by Gasteiger charge is -2.29. The number of carbonyl (C=O) groups is 2. The summed E-state index contributed by atoms with van der Waals surface area (Å²) in [6, 6.07) is 9.99. The SMILES string of the molecule is CCOCc1cc(F)ccc1C(c1ccc(F)cc1COCC)[C@H](C)OC(=O)[C@H](C)CC(=O)c1nccc(OC)c1O. The molecule has 226 valence electrons. The van der Waals surface area contributed by atoms with Gasteiger partial charge in [-0.05, 0) is 67.3 Å². The van der Waals surface area contributed by atoms with Gasteiger partial charge in [-0.1, -0.05) is 19.1 Å². The van der Waals surface area contributed by atoms with Crippen LogP contribution in [0.3, 0.4) is 0 Å². The molecule has 0 amide bonds. The summed E-state index contributed by atoms with van der Waals surface area (Å²) in [5.41, 5.74) is 2.18. The monoisotopic (exact) mass is 585 g/mol. The largest absolute Gasteiger partial charge is 0.503 e. The average Bonchev–Trinajstić information content (AvgIpc) is 2.96. The molecule has 2 atom stereocenters. The lowest BCUT2D eigenvalue weighted by atomic mass is 9.82. The minimum Gasteiger partial charge on any atom is -0.503 e. The van der Waals surface area contributed by atoms with Gasteiger partial charge in [0.2, 0.25) is 0 Å². The average molecular weight is 586 g/mol. The van der Waals surface area contributed by atoms with E-state index in [4.69, 9.17) is 18.9 Å². The van der Waals surface area contributed by atoms with Gasteiger partial charge < -0.3 is 24.1 Å². The molecule has 3 rings (SSSR count). The van der Waals surface area contributed by atoms with Crippen molar-refractivity contribution in [1.82, 2.24) is 4.98 Å². The first-order valence-corrected chi connectivity index (χ1v) is 13.8. The molecule has 0 aliphatic carbocycles. The van der Waals surface area contributed by atoms with E-state index in [0.29, 0.717) is 35.5 Å². The van der Waals surface area contributed by atoms with Crippen LogP contribution >= 0.6 is 0 Å². The smallest absolute Gasteiger partial charge is 0.309 e. The molecule has 0 aliphatic heterocycles. The van der Waals surface area contributed by atoms with Gasteiger partial charge in [0, 0.05) is 37.8 Å². The van der Waals surface area contributed by atoms with Crippen molar-refractivity contribution < 1.29 is 42.4 Å². The van der Waals surface area contributed by atoms with E-state index in [2.05, 4.69) is 4.98 Å². The topological polar surface area (TPSA) is 104 Å². The minimum absolute atomic E-state index is 0.0874. The normalized spacial score (nSPS) is 12.7. The summed E-state index contributed by atoms with van der Waals surface area (Å²) in [4.78, 5) is 30.1. The minimum atomic E-state index is -0.889. The number of halogens is 2. The van der Waals surface area contributed by atoms with Crippen molar-refractivity contribution in [3.63, 3.8) is 0 Å². The molecule has 0 fully saturated rings. The van der Waals surface area contributed by atoms with Crippen molar-refractivity contribution in [3.8, 4) is 11.5 Å². The van der Waals surface area contributed by atoms with Crippen LogP contribution in [0.25, 0.3) is 0 Å². The number of nitrogens with zero attached hydrogens (tertiary/aromatic N) is 1. The van der Waals surface area contributed by atoms with Gasteiger partial charge >= 0.3 is 5.97 Å². The van der Waals surface area contributed by atoms with Crippen LogP contribution in [-0.4, -0.2) is 48.3 Å². The van der Waals surface area contributed by atoms with Crippen molar-refractivity contribution >= 4 is 11.8 Å². The van der Waals surface area contributed by atoms with Gasteiger partial charge in [-0.25, -0.2) is 13.8 Å². The second-order valence-corrected chi connectivity index (χ2v) is 9.82. The molecule has 0 unspecified atom stereocenters. The van der Waals surface area contributed by atoms with Gasteiger partial charge in [0.1, 0.15) is 17.7 Å². The van der Waals surface area contributed by atoms with Crippen molar-refractivity contribution in [2.24, 2.45) is 5.92 Å². The number of esters is 1. The molecule has 1 N–H and O–H groups in total. The van der Waals surface area contributed by atoms with E-state index in [-0.39, 0.29) is 31.1 Å². The first-order valence-electron chi connectivity index (χ1n) is 13.8. The van der Waals surface area contributed by atoms with Crippen molar-refractivity contribution in [3.05, 3.63) is 88.2 Å². The van der Waals surface area contributed by atoms with Crippen LogP contribution in [0.2, 0.25) is 0 Å². The van der Waals surface area contributed by atoms with Gasteiger partial charge in [0.15, 0.2) is 23.0 Å². The van der Waals surface area contributed by atoms with Gasteiger partial charge in [-0.2, -0.15) is 0 Å². The number of hydrogen-bond acceptors (Lipinski definition) is 8. The van der Waals surface area contributed by atoms with E-state index in [1.807, 2.05) is 13.8 Å². The fourth-order valence-corrected chi connectivity index (χ4v) is 4.73. The highest BCUT2D eigenvalue weighted by atomic mass is 19.1. The molecule has 0 spiro atoms. The maximum Gasteiger partial charge on any atom is 0.309 e. The Morgan fingerprint density at radius 3 is 1.95 bits per heavy atom. The standard InChI is InChI=1S/C32H37F2NO7/c1-6-40-17-21-15-23(33)8-10-25(21)29(26-11-9-24(34)16-22(26)18-41-7-2)20(4)42-32(38)19(3)14-27(36)30-31(37)28(39-5)12-13-35-30/h8-13,15-16,19-20,29,37H,6-7,14,17-18H2,1-5H3/t19-,20+/m1/s1. The van der Waals surface area contributed by atoms with E-state index in [9.17, 15) is 23.5 Å². The molecule has 1 aromatic heterocycles. The summed E-state index contributed by atoms with van der Waals surface area (Å²) in [5, 5.41) is 10.3. The highest BCUT2D eigenvalue weighted by molar-refractivity contribution is 5.99. The van der Waals surface area contributed by atoms with Crippen LogP contribution in [0, 0.1) is 17.6 Å². The zero-order chi connectivity index (χ0) is 30.8. The van der Waals surface area contributed by atoms with Gasteiger partial charge in [-0.3, -0.25) is 9.59 Å². The number of methoxy groups -OCH3 is 1. The Labute approximate surface area is 244 Å². The fourth-order valence-electron chi connectivity index (χ4n) is 4.73. The molecule has 0 bridgehead atoms. The molecule has 0 saturated heterocycles. The predicted octanol–water partition coefficient (Wildman–Crippen LogP) is 6.12. The Morgan fingerprint density at radius 1 is 0.905 bits per heavy atom. The Hall–Kier alpha value is -3.89. The van der Waals surface area contributed by atoms with E-state index < -0.39 is 47.1 Å². The van der Waals surface area contributed by atoms with E-state index in [1.54, 1.807) is 19.1 Å². The number of aromatic nitrogens is 1. The summed E-state index contributed by atoms with van der Waals surface area (Å²) in [6.45, 7) is 7.91. The highest BCUT2D eigenvalue weighted by Gasteiger charge is 2.31. The van der Waals surface area contributed by atoms with Crippen LogP contribution in [0.5, 0.6) is 11.5 Å². The number of ether oxygens (including phenoxy) is 4. The summed E-state index contributed by atoms with van der Waals surface area (Å²) >= 11 is 0. The van der Waals surface area contributed by atoms with Crippen LogP contribution in [-0.2, 0) is 32.2 Å². The number of rotatable bonds is 15.